The Labute approximate surface area is 230 Å². The Morgan fingerprint density at radius 1 is 0.923 bits per heavy atom. The Hall–Kier alpha value is -3.28. The van der Waals surface area contributed by atoms with Gasteiger partial charge in [-0.15, -0.1) is 0 Å². The number of nitrogens with one attached hydrogen (secondary N) is 1. The predicted octanol–water partition coefficient (Wildman–Crippen LogP) is 1.60. The SMILES string of the molecule is CC(C)(N)C(=O)N1CCN(C(=O)Nc2ccn(-c3ccc(CN4CCC(C(C)(C)N)CC4)cc3)c(=O)n2)CC1. The van der Waals surface area contributed by atoms with Crippen LogP contribution < -0.4 is 22.5 Å². The Morgan fingerprint density at radius 2 is 1.51 bits per heavy atom. The number of urea groups is 1. The van der Waals surface area contributed by atoms with Gasteiger partial charge in [0.2, 0.25) is 5.91 Å². The van der Waals surface area contributed by atoms with Gasteiger partial charge in [-0.2, -0.15) is 4.98 Å². The van der Waals surface area contributed by atoms with Crippen molar-refractivity contribution in [3.8, 4) is 5.69 Å². The van der Waals surface area contributed by atoms with Gasteiger partial charge in [0.1, 0.15) is 5.82 Å². The van der Waals surface area contributed by atoms with Crippen LogP contribution in [0.2, 0.25) is 0 Å². The fraction of sp³-hybridized carbons (Fsp3) is 0.571. The molecule has 0 saturated carbocycles. The number of aromatic nitrogens is 2. The Kier molecular flexibility index (Phi) is 8.43. The third kappa shape index (κ3) is 7.23. The van der Waals surface area contributed by atoms with E-state index in [1.807, 2.05) is 24.3 Å². The molecular formula is C28H42N8O3. The molecule has 0 aliphatic carbocycles. The summed E-state index contributed by atoms with van der Waals surface area (Å²) in [6, 6.07) is 9.14. The predicted molar refractivity (Wildman–Crippen MR) is 152 cm³/mol. The van der Waals surface area contributed by atoms with Crippen molar-refractivity contribution in [1.82, 2.24) is 24.3 Å². The fourth-order valence-corrected chi connectivity index (χ4v) is 5.23. The van der Waals surface area contributed by atoms with Crippen molar-refractivity contribution in [3.63, 3.8) is 0 Å². The molecule has 0 spiro atoms. The summed E-state index contributed by atoms with van der Waals surface area (Å²) in [5.74, 6) is 0.591. The number of nitrogens with zero attached hydrogens (tertiary/aromatic N) is 5. The molecule has 0 bridgehead atoms. The fourth-order valence-electron chi connectivity index (χ4n) is 5.23. The maximum atomic E-state index is 12.7. The molecule has 0 unspecified atom stereocenters. The third-order valence-corrected chi connectivity index (χ3v) is 7.70. The zero-order chi connectivity index (χ0) is 28.4. The van der Waals surface area contributed by atoms with Gasteiger partial charge < -0.3 is 21.3 Å². The number of carbonyl (C=O) groups is 2. The summed E-state index contributed by atoms with van der Waals surface area (Å²) in [5, 5.41) is 2.69. The van der Waals surface area contributed by atoms with Gasteiger partial charge >= 0.3 is 11.7 Å². The zero-order valence-corrected chi connectivity index (χ0v) is 23.5. The van der Waals surface area contributed by atoms with Gasteiger partial charge in [-0.1, -0.05) is 12.1 Å². The maximum Gasteiger partial charge on any atom is 0.354 e. The monoisotopic (exact) mass is 538 g/mol. The summed E-state index contributed by atoms with van der Waals surface area (Å²) in [4.78, 5) is 47.5. The quantitative estimate of drug-likeness (QED) is 0.507. The molecule has 5 N–H and O–H groups in total. The van der Waals surface area contributed by atoms with Crippen LogP contribution in [-0.4, -0.2) is 86.5 Å². The van der Waals surface area contributed by atoms with Crippen LogP contribution in [-0.2, 0) is 11.3 Å². The van der Waals surface area contributed by atoms with Gasteiger partial charge in [0, 0.05) is 44.5 Å². The van der Waals surface area contributed by atoms with Crippen molar-refractivity contribution < 1.29 is 9.59 Å². The molecule has 212 valence electrons. The minimum absolute atomic E-state index is 0.132. The number of piperazine rings is 1. The van der Waals surface area contributed by atoms with Crippen LogP contribution in [0.4, 0.5) is 10.6 Å². The van der Waals surface area contributed by atoms with Crippen molar-refractivity contribution in [2.24, 2.45) is 17.4 Å². The van der Waals surface area contributed by atoms with E-state index in [-0.39, 0.29) is 23.3 Å². The topological polar surface area (TPSA) is 143 Å². The van der Waals surface area contributed by atoms with Gasteiger partial charge in [0.25, 0.3) is 0 Å². The summed E-state index contributed by atoms with van der Waals surface area (Å²) in [5.41, 5.74) is 12.5. The molecule has 0 atom stereocenters. The van der Waals surface area contributed by atoms with Gasteiger partial charge in [0.15, 0.2) is 0 Å². The average Bonchev–Trinajstić information content (AvgIpc) is 2.88. The first-order chi connectivity index (χ1) is 18.3. The second-order valence-corrected chi connectivity index (χ2v) is 11.9. The summed E-state index contributed by atoms with van der Waals surface area (Å²) in [6.45, 7) is 12.1. The van der Waals surface area contributed by atoms with Crippen LogP contribution in [0.5, 0.6) is 0 Å². The van der Waals surface area contributed by atoms with E-state index in [1.54, 1.807) is 35.9 Å². The zero-order valence-electron chi connectivity index (χ0n) is 23.5. The lowest BCUT2D eigenvalue weighted by atomic mass is 9.81. The number of nitrogens with two attached hydrogens (primary N) is 2. The van der Waals surface area contributed by atoms with Gasteiger partial charge in [-0.3, -0.25) is 19.6 Å². The Balaban J connectivity index is 1.30. The van der Waals surface area contributed by atoms with Crippen LogP contribution in [0, 0.1) is 5.92 Å². The molecule has 1 aromatic heterocycles. The molecule has 1 aromatic carbocycles. The molecule has 4 rings (SSSR count). The number of anilines is 1. The number of benzene rings is 1. The molecule has 39 heavy (non-hydrogen) atoms. The van der Waals surface area contributed by atoms with E-state index >= 15 is 0 Å². The lowest BCUT2D eigenvalue weighted by Crippen LogP contribution is -2.58. The number of amides is 3. The maximum absolute atomic E-state index is 12.7. The largest absolute Gasteiger partial charge is 0.354 e. The lowest BCUT2D eigenvalue weighted by molar-refractivity contribution is -0.137. The number of piperidine rings is 1. The Morgan fingerprint density at radius 3 is 2.05 bits per heavy atom. The number of hydrogen-bond donors (Lipinski definition) is 3. The van der Waals surface area contributed by atoms with Crippen molar-refractivity contribution in [1.29, 1.82) is 0 Å². The van der Waals surface area contributed by atoms with Crippen molar-refractivity contribution >= 4 is 17.8 Å². The average molecular weight is 539 g/mol. The highest BCUT2D eigenvalue weighted by Gasteiger charge is 2.32. The van der Waals surface area contributed by atoms with Crippen molar-refractivity contribution in [2.45, 2.75) is 58.2 Å². The van der Waals surface area contributed by atoms with E-state index < -0.39 is 11.2 Å². The molecule has 11 heteroatoms. The molecule has 2 aliphatic rings. The van der Waals surface area contributed by atoms with Gasteiger partial charge in [0.05, 0.1) is 11.2 Å². The third-order valence-electron chi connectivity index (χ3n) is 7.70. The summed E-state index contributed by atoms with van der Waals surface area (Å²) >= 11 is 0. The van der Waals surface area contributed by atoms with Crippen LogP contribution in [0.15, 0.2) is 41.3 Å². The van der Waals surface area contributed by atoms with Crippen LogP contribution in [0.1, 0.15) is 46.1 Å². The van der Waals surface area contributed by atoms with E-state index in [1.165, 1.54) is 10.1 Å². The molecule has 2 saturated heterocycles. The van der Waals surface area contributed by atoms with E-state index in [0.29, 0.717) is 37.8 Å². The number of hydrogen-bond acceptors (Lipinski definition) is 7. The van der Waals surface area contributed by atoms with E-state index in [4.69, 9.17) is 11.5 Å². The van der Waals surface area contributed by atoms with Gasteiger partial charge in [-0.25, -0.2) is 9.59 Å². The van der Waals surface area contributed by atoms with Crippen LogP contribution in [0.25, 0.3) is 5.69 Å². The van der Waals surface area contributed by atoms with Crippen LogP contribution >= 0.6 is 0 Å². The van der Waals surface area contributed by atoms with Crippen molar-refractivity contribution in [3.05, 3.63) is 52.6 Å². The first kappa shape index (κ1) is 28.7. The van der Waals surface area contributed by atoms with Crippen LogP contribution in [0.3, 0.4) is 0 Å². The molecule has 11 nitrogen and oxygen atoms in total. The molecule has 0 radical (unpaired) electrons. The number of carbonyl (C=O) groups excluding carboxylic acids is 2. The van der Waals surface area contributed by atoms with E-state index in [9.17, 15) is 14.4 Å². The second-order valence-electron chi connectivity index (χ2n) is 11.9. The normalized spacial score (nSPS) is 17.8. The molecule has 2 aliphatic heterocycles. The minimum Gasteiger partial charge on any atom is -0.338 e. The number of rotatable bonds is 6. The first-order valence-electron chi connectivity index (χ1n) is 13.7. The minimum atomic E-state index is -0.946. The van der Waals surface area contributed by atoms with Gasteiger partial charge in [-0.05, 0) is 83.3 Å². The highest BCUT2D eigenvalue weighted by atomic mass is 16.2. The highest BCUT2D eigenvalue weighted by Crippen LogP contribution is 2.27. The standard InChI is InChI=1S/C28H42N8O3/c1-27(2,29)21-9-12-33(13-10-21)19-20-5-7-22(8-6-20)36-14-11-23(32-26(36)39)31-25(38)35-17-15-34(16-18-35)24(37)28(3,4)30/h5-8,11,14,21H,9-10,12-13,15-19,29-30H2,1-4H3,(H,31,32,38,39). The number of likely N-dealkylation sites (tertiary alicyclic amines) is 1. The first-order valence-corrected chi connectivity index (χ1v) is 13.7. The van der Waals surface area contributed by atoms with Crippen molar-refractivity contribution in [2.75, 3.05) is 44.6 Å². The Bertz CT molecular complexity index is 1210. The van der Waals surface area contributed by atoms with E-state index in [2.05, 4.69) is 29.0 Å². The molecule has 2 fully saturated rings. The molecular weight excluding hydrogens is 496 g/mol. The van der Waals surface area contributed by atoms with E-state index in [0.717, 1.165) is 32.5 Å². The second kappa shape index (κ2) is 11.4. The summed E-state index contributed by atoms with van der Waals surface area (Å²) < 4.78 is 1.45. The smallest absolute Gasteiger partial charge is 0.338 e. The lowest BCUT2D eigenvalue weighted by Gasteiger charge is -2.38. The summed E-state index contributed by atoms with van der Waals surface area (Å²) in [6.07, 6.45) is 3.82. The highest BCUT2D eigenvalue weighted by molar-refractivity contribution is 5.89. The molecule has 3 heterocycles. The molecule has 3 amide bonds. The summed E-state index contributed by atoms with van der Waals surface area (Å²) in [7, 11) is 0. The molecule has 2 aromatic rings.